The Kier molecular flexibility index (Phi) is 20.1. The van der Waals surface area contributed by atoms with E-state index in [-0.39, 0.29) is 74.4 Å². The molecule has 0 aromatic carbocycles. The molecule has 0 radical (unpaired) electrons. The number of halogens is 6. The first-order valence-corrected chi connectivity index (χ1v) is 19.1. The summed E-state index contributed by atoms with van der Waals surface area (Å²) in [5, 5.41) is 0. The molecule has 54 heavy (non-hydrogen) atoms. The molecule has 15 nitrogen and oxygen atoms in total. The lowest BCUT2D eigenvalue weighted by Crippen LogP contribution is -3.00. The molecule has 0 unspecified atom stereocenters. The zero-order valence-electron chi connectivity index (χ0n) is 27.4. The maximum Gasteiger partial charge on any atom is 0.580 e. The number of hydrogen-bond donors (Lipinski definition) is 0. The van der Waals surface area contributed by atoms with E-state index in [0.29, 0.717) is 0 Å². The highest BCUT2D eigenvalue weighted by molar-refractivity contribution is 7.78. The fourth-order valence-electron chi connectivity index (χ4n) is 4.08. The van der Waals surface area contributed by atoms with E-state index in [0.717, 1.165) is 0 Å². The average molecular weight is 918 g/mol. The fourth-order valence-corrected chi connectivity index (χ4v) is 12.7. The molecule has 0 spiro atoms. The second kappa shape index (κ2) is 22.5. The van der Waals surface area contributed by atoms with Gasteiger partial charge in [0, 0.05) is 101 Å². The van der Waals surface area contributed by atoms with Crippen LogP contribution >= 0.6 is 23.0 Å². The number of pyridine rings is 6. The van der Waals surface area contributed by atoms with E-state index < -0.39 is 23.0 Å². The van der Waals surface area contributed by atoms with Crippen LogP contribution in [0.3, 0.4) is 0 Å². The van der Waals surface area contributed by atoms with Crippen molar-refractivity contribution in [1.82, 2.24) is 0 Å². The Morgan fingerprint density at radius 1 is 0.222 bits per heavy atom. The van der Waals surface area contributed by atoms with Crippen LogP contribution in [-0.4, -0.2) is 0 Å². The van der Waals surface area contributed by atoms with Crippen molar-refractivity contribution in [2.75, 3.05) is 0 Å². The van der Waals surface area contributed by atoms with Gasteiger partial charge in [-0.3, -0.25) is 0 Å². The molecule has 6 aromatic rings. The van der Waals surface area contributed by atoms with Gasteiger partial charge in [0.1, 0.15) is 0 Å². The molecule has 1 aliphatic rings. The molecule has 24 heteroatoms. The average Bonchev–Trinajstić information content (AvgIpc) is 3.10. The normalized spacial score (nSPS) is 13.6. The van der Waals surface area contributed by atoms with Crippen LogP contribution in [0.4, 0.5) is 0 Å². The van der Waals surface area contributed by atoms with Crippen molar-refractivity contribution in [2.45, 2.75) is 0 Å². The molecule has 7 heterocycles. The summed E-state index contributed by atoms with van der Waals surface area (Å²) >= 11 is 0. The second-order valence-electron chi connectivity index (χ2n) is 9.64. The first-order chi connectivity index (χ1) is 23.6. The van der Waals surface area contributed by atoms with Gasteiger partial charge in [-0.1, -0.05) is 49.9 Å². The van der Waals surface area contributed by atoms with Crippen LogP contribution in [0, 0.1) is 0 Å². The zero-order valence-corrected chi connectivity index (χ0v) is 34.6. The third-order valence-electron chi connectivity index (χ3n) is 6.01. The minimum Gasteiger partial charge on any atom is -1.00 e. The SMILES string of the molecule is [Cl-].[Cl-].[Cl-].[Cl-].[Cl-].[Cl-].c1cc[n+](OP2(O[n+]3ccccc3)=NP(O[n+]3ccccc3)(O[n+]3ccccc3)=NP(O[n+]3ccccc3)(O[n+]3ccccc3)=N2)cc1. The maximum absolute atomic E-state index is 6.60. The van der Waals surface area contributed by atoms with Gasteiger partial charge >= 0.3 is 23.0 Å². The smallest absolute Gasteiger partial charge is 0.580 e. The molecule has 0 amide bonds. The minimum absolute atomic E-state index is 0. The number of hydrogen-bond acceptors (Lipinski definition) is 9. The summed E-state index contributed by atoms with van der Waals surface area (Å²) in [6.07, 6.45) is 20.3. The highest BCUT2D eigenvalue weighted by Gasteiger charge is 2.59. The van der Waals surface area contributed by atoms with Crippen molar-refractivity contribution in [2.24, 2.45) is 13.5 Å². The molecule has 0 N–H and O–H groups in total. The molecule has 0 bridgehead atoms. The summed E-state index contributed by atoms with van der Waals surface area (Å²) in [6.45, 7) is 0. The van der Waals surface area contributed by atoms with Gasteiger partial charge in [-0.05, 0) is 0 Å². The lowest BCUT2D eigenvalue weighted by Gasteiger charge is -2.21. The lowest BCUT2D eigenvalue weighted by atomic mass is 10.5. The lowest BCUT2D eigenvalue weighted by molar-refractivity contribution is -0.888. The highest BCUT2D eigenvalue weighted by Crippen LogP contribution is 2.73. The van der Waals surface area contributed by atoms with E-state index in [1.165, 1.54) is 28.4 Å². The molecule has 0 aliphatic carbocycles. The molecule has 6 aromatic heterocycles. The van der Waals surface area contributed by atoms with Gasteiger partial charge in [-0.15, -0.1) is 0 Å². The summed E-state index contributed by atoms with van der Waals surface area (Å²) in [5.74, 6) is 0. The van der Waals surface area contributed by atoms with Crippen LogP contribution in [0.1, 0.15) is 0 Å². The number of aromatic nitrogens is 6. The molecule has 1 aliphatic heterocycles. The van der Waals surface area contributed by atoms with E-state index in [2.05, 4.69) is 0 Å². The summed E-state index contributed by atoms with van der Waals surface area (Å²) < 4.78 is 63.4. The van der Waals surface area contributed by atoms with Gasteiger partial charge in [0.2, 0.25) is 74.4 Å². The van der Waals surface area contributed by atoms with E-state index >= 15 is 0 Å². The standard InChI is InChI=1S/C30H30N9O6P3.6ClH/c1-7-19-34(20-8-1)40-46(41-35-21-9-2-10-22-35)31-47(42-36-23-11-3-12-24-36,43-37-25-13-4-14-26-37)33-48(32-46,44-38-27-15-5-16-28-38)45-39-29-17-6-18-30-39;;;;;;/h1-30H;6*1H/q+6;;;;;;/p-6. The van der Waals surface area contributed by atoms with Gasteiger partial charge in [-0.2, -0.15) is 27.7 Å². The first kappa shape index (κ1) is 48.1. The van der Waals surface area contributed by atoms with Crippen molar-refractivity contribution < 1.29 is 131 Å². The van der Waals surface area contributed by atoms with Crippen LogP contribution in [0.15, 0.2) is 197 Å². The summed E-state index contributed by atoms with van der Waals surface area (Å²) in [4.78, 5) is 0. The Labute approximate surface area is 348 Å². The largest absolute Gasteiger partial charge is 1.00 e. The molecule has 0 saturated carbocycles. The molecule has 0 saturated heterocycles. The van der Waals surface area contributed by atoms with E-state index in [1.807, 2.05) is 36.4 Å². The summed E-state index contributed by atoms with van der Waals surface area (Å²) in [7, 11) is -12.0. The zero-order chi connectivity index (χ0) is 32.5. The monoisotopic (exact) mass is 915 g/mol. The van der Waals surface area contributed by atoms with Crippen molar-refractivity contribution in [3.05, 3.63) is 184 Å². The van der Waals surface area contributed by atoms with Gasteiger partial charge < -0.3 is 74.4 Å². The molecule has 0 atom stereocenters. The van der Waals surface area contributed by atoms with Crippen LogP contribution in [0.2, 0.25) is 0 Å². The predicted octanol–water partition coefficient (Wildman–Crippen LogP) is -15.6. The Morgan fingerprint density at radius 3 is 0.481 bits per heavy atom. The Morgan fingerprint density at radius 2 is 0.352 bits per heavy atom. The van der Waals surface area contributed by atoms with Crippen molar-refractivity contribution in [1.29, 1.82) is 0 Å². The number of rotatable bonds is 12. The first-order valence-electron chi connectivity index (χ1n) is 14.5. The van der Waals surface area contributed by atoms with Crippen LogP contribution in [0.5, 0.6) is 0 Å². The Bertz CT molecular complexity index is 1750. The molecular formula is C30H30Cl6N9O6P3. The van der Waals surface area contributed by atoms with Crippen LogP contribution in [-0.2, 0) is 0 Å². The Hall–Kier alpha value is -3.87. The third-order valence-corrected chi connectivity index (χ3v) is 13.8. The van der Waals surface area contributed by atoms with Crippen molar-refractivity contribution in [3.8, 4) is 0 Å². The van der Waals surface area contributed by atoms with Crippen molar-refractivity contribution >= 4 is 23.0 Å². The second-order valence-corrected chi connectivity index (χ2v) is 15.7. The molecule has 288 valence electrons. The summed E-state index contributed by atoms with van der Waals surface area (Å²) in [6, 6.07) is 32.7. The third kappa shape index (κ3) is 12.6. The summed E-state index contributed by atoms with van der Waals surface area (Å²) in [5.41, 5.74) is 0. The highest BCUT2D eigenvalue weighted by atomic mass is 35.5. The number of nitrogens with zero attached hydrogens (tertiary/aromatic N) is 9. The van der Waals surface area contributed by atoms with E-state index in [9.17, 15) is 0 Å². The van der Waals surface area contributed by atoms with Crippen molar-refractivity contribution in [3.63, 3.8) is 0 Å². The van der Waals surface area contributed by atoms with Gasteiger partial charge in [0.25, 0.3) is 0 Å². The van der Waals surface area contributed by atoms with Gasteiger partial charge in [0.15, 0.2) is 0 Å². The predicted molar refractivity (Wildman–Crippen MR) is 167 cm³/mol. The van der Waals surface area contributed by atoms with E-state index in [1.54, 1.807) is 147 Å². The topological polar surface area (TPSA) is 116 Å². The molecular weight excluding hydrogens is 888 g/mol. The fraction of sp³-hybridized carbons (Fsp3) is 0. The van der Waals surface area contributed by atoms with Crippen LogP contribution < -0.4 is 131 Å². The minimum atomic E-state index is -4.00. The molecule has 7 rings (SSSR count). The maximum atomic E-state index is 6.60. The van der Waals surface area contributed by atoms with E-state index in [4.69, 9.17) is 41.3 Å². The van der Waals surface area contributed by atoms with Gasteiger partial charge in [0.05, 0.1) is 0 Å². The quantitative estimate of drug-likeness (QED) is 0.0892. The molecule has 0 fully saturated rings. The van der Waals surface area contributed by atoms with Gasteiger partial charge in [-0.25, -0.2) is 0 Å². The van der Waals surface area contributed by atoms with Crippen LogP contribution in [0.25, 0.3) is 0 Å². The Balaban J connectivity index is 0.00000243.